The molecule has 1 aliphatic heterocycles. The van der Waals surface area contributed by atoms with Crippen molar-refractivity contribution in [3.05, 3.63) is 36.0 Å². The van der Waals surface area contributed by atoms with Crippen molar-refractivity contribution in [2.24, 2.45) is 5.92 Å². The van der Waals surface area contributed by atoms with Gasteiger partial charge in [-0.05, 0) is 24.5 Å². The summed E-state index contributed by atoms with van der Waals surface area (Å²) < 4.78 is 15.8. The Morgan fingerprint density at radius 3 is 3.13 bits per heavy atom. The lowest BCUT2D eigenvalue weighted by Crippen LogP contribution is -2.25. The third-order valence-electron chi connectivity index (χ3n) is 3.88. The van der Waals surface area contributed by atoms with E-state index in [4.69, 9.17) is 14.0 Å². The van der Waals surface area contributed by atoms with E-state index in [0.717, 1.165) is 24.3 Å². The zero-order valence-corrected chi connectivity index (χ0v) is 13.1. The van der Waals surface area contributed by atoms with Crippen LogP contribution in [0.25, 0.3) is 11.3 Å². The molecule has 1 saturated heterocycles. The summed E-state index contributed by atoms with van der Waals surface area (Å²) in [6.45, 7) is 1.79. The molecule has 1 amide bonds. The van der Waals surface area contributed by atoms with Gasteiger partial charge in [0.15, 0.2) is 5.76 Å². The second kappa shape index (κ2) is 7.28. The highest BCUT2D eigenvalue weighted by molar-refractivity contribution is 5.76. The second-order valence-corrected chi connectivity index (χ2v) is 5.62. The minimum absolute atomic E-state index is 0.0198. The van der Waals surface area contributed by atoms with Crippen LogP contribution >= 0.6 is 0 Å². The number of aromatic nitrogens is 1. The summed E-state index contributed by atoms with van der Waals surface area (Å²) in [5.41, 5.74) is 1.58. The maximum Gasteiger partial charge on any atom is 0.220 e. The second-order valence-electron chi connectivity index (χ2n) is 5.62. The van der Waals surface area contributed by atoms with E-state index in [1.54, 1.807) is 7.11 Å². The Bertz CT molecular complexity index is 662. The first-order chi connectivity index (χ1) is 11.2. The number of hydrogen-bond acceptors (Lipinski definition) is 5. The molecule has 1 aromatic heterocycles. The van der Waals surface area contributed by atoms with Crippen molar-refractivity contribution < 1.29 is 18.8 Å². The first kappa shape index (κ1) is 15.6. The van der Waals surface area contributed by atoms with Gasteiger partial charge in [0.05, 0.1) is 13.7 Å². The topological polar surface area (TPSA) is 73.6 Å². The Morgan fingerprint density at radius 2 is 2.35 bits per heavy atom. The number of benzene rings is 1. The fourth-order valence-corrected chi connectivity index (χ4v) is 2.58. The maximum atomic E-state index is 11.9. The van der Waals surface area contributed by atoms with E-state index in [0.29, 0.717) is 36.9 Å². The highest BCUT2D eigenvalue weighted by Crippen LogP contribution is 2.24. The lowest BCUT2D eigenvalue weighted by molar-refractivity contribution is -0.122. The van der Waals surface area contributed by atoms with Crippen LogP contribution in [0.4, 0.5) is 0 Å². The number of amides is 1. The zero-order chi connectivity index (χ0) is 16.1. The molecule has 0 spiro atoms. The summed E-state index contributed by atoms with van der Waals surface area (Å²) in [7, 11) is 1.62. The third-order valence-corrected chi connectivity index (χ3v) is 3.88. The maximum absolute atomic E-state index is 11.9. The summed E-state index contributed by atoms with van der Waals surface area (Å²) in [6, 6.07) is 9.39. The Kier molecular flexibility index (Phi) is 4.92. The number of rotatable bonds is 6. The van der Waals surface area contributed by atoms with Gasteiger partial charge in [-0.2, -0.15) is 0 Å². The molecule has 0 radical (unpaired) electrons. The summed E-state index contributed by atoms with van der Waals surface area (Å²) in [5, 5.41) is 6.87. The van der Waals surface area contributed by atoms with Gasteiger partial charge in [-0.3, -0.25) is 4.79 Å². The van der Waals surface area contributed by atoms with E-state index in [2.05, 4.69) is 10.5 Å². The summed E-state index contributed by atoms with van der Waals surface area (Å²) in [5.74, 6) is 1.76. The quantitative estimate of drug-likeness (QED) is 0.886. The van der Waals surface area contributed by atoms with E-state index in [1.807, 2.05) is 30.3 Å². The third kappa shape index (κ3) is 4.10. The van der Waals surface area contributed by atoms with E-state index in [1.165, 1.54) is 0 Å². The highest BCUT2D eigenvalue weighted by Gasteiger charge is 2.19. The van der Waals surface area contributed by atoms with E-state index >= 15 is 0 Å². The average molecular weight is 316 g/mol. The standard InChI is InChI=1S/C17H20N2O4/c1-21-15-4-2-3-13(8-15)16-9-14(19-23-16)10-18-17(20)7-12-5-6-22-11-12/h2-4,8-9,12H,5-7,10-11H2,1H3,(H,18,20)/t12-/m0/s1. The molecule has 1 aliphatic rings. The molecule has 2 heterocycles. The van der Waals surface area contributed by atoms with Crippen molar-refractivity contribution in [2.75, 3.05) is 20.3 Å². The van der Waals surface area contributed by atoms with Crippen LogP contribution in [0.1, 0.15) is 18.5 Å². The van der Waals surface area contributed by atoms with Crippen molar-refractivity contribution in [1.82, 2.24) is 10.5 Å². The van der Waals surface area contributed by atoms with Crippen molar-refractivity contribution >= 4 is 5.91 Å². The van der Waals surface area contributed by atoms with Crippen LogP contribution in [0.2, 0.25) is 0 Å². The van der Waals surface area contributed by atoms with Gasteiger partial charge in [0.25, 0.3) is 0 Å². The van der Waals surface area contributed by atoms with E-state index in [-0.39, 0.29) is 5.91 Å². The fourth-order valence-electron chi connectivity index (χ4n) is 2.58. The van der Waals surface area contributed by atoms with Crippen molar-refractivity contribution in [3.63, 3.8) is 0 Å². The lowest BCUT2D eigenvalue weighted by atomic mass is 10.1. The van der Waals surface area contributed by atoms with Crippen LogP contribution in [0.5, 0.6) is 5.75 Å². The normalized spacial score (nSPS) is 17.2. The first-order valence-corrected chi connectivity index (χ1v) is 7.69. The predicted molar refractivity (Wildman–Crippen MR) is 83.9 cm³/mol. The molecule has 1 aromatic carbocycles. The molecular weight excluding hydrogens is 296 g/mol. The first-order valence-electron chi connectivity index (χ1n) is 7.69. The van der Waals surface area contributed by atoms with Gasteiger partial charge in [-0.1, -0.05) is 17.3 Å². The molecule has 1 atom stereocenters. The zero-order valence-electron chi connectivity index (χ0n) is 13.1. The summed E-state index contributed by atoms with van der Waals surface area (Å²) in [6.07, 6.45) is 1.46. The van der Waals surface area contributed by atoms with Crippen molar-refractivity contribution in [3.8, 4) is 17.1 Å². The summed E-state index contributed by atoms with van der Waals surface area (Å²) >= 11 is 0. The summed E-state index contributed by atoms with van der Waals surface area (Å²) in [4.78, 5) is 11.9. The number of methoxy groups -OCH3 is 1. The minimum atomic E-state index is 0.0198. The lowest BCUT2D eigenvalue weighted by Gasteiger charge is -2.06. The molecule has 0 unspecified atom stereocenters. The molecule has 0 aliphatic carbocycles. The van der Waals surface area contributed by atoms with Crippen LogP contribution in [0.3, 0.4) is 0 Å². The van der Waals surface area contributed by atoms with Gasteiger partial charge < -0.3 is 19.3 Å². The molecule has 1 fully saturated rings. The number of carbonyl (C=O) groups excluding carboxylic acids is 1. The molecule has 3 rings (SSSR count). The van der Waals surface area contributed by atoms with Gasteiger partial charge in [0.1, 0.15) is 11.4 Å². The predicted octanol–water partition coefficient (Wildman–Crippen LogP) is 2.39. The van der Waals surface area contributed by atoms with E-state index in [9.17, 15) is 4.79 Å². The van der Waals surface area contributed by atoms with Crippen molar-refractivity contribution in [2.45, 2.75) is 19.4 Å². The van der Waals surface area contributed by atoms with Gasteiger partial charge in [-0.15, -0.1) is 0 Å². The molecule has 0 saturated carbocycles. The number of nitrogens with zero attached hydrogens (tertiary/aromatic N) is 1. The Labute approximate surface area is 134 Å². The Hall–Kier alpha value is -2.34. The Balaban J connectivity index is 1.55. The number of carbonyl (C=O) groups is 1. The van der Waals surface area contributed by atoms with Crippen LogP contribution in [-0.4, -0.2) is 31.4 Å². The van der Waals surface area contributed by atoms with E-state index < -0.39 is 0 Å². The van der Waals surface area contributed by atoms with Crippen LogP contribution < -0.4 is 10.1 Å². The van der Waals surface area contributed by atoms with Gasteiger partial charge in [-0.25, -0.2) is 0 Å². The smallest absolute Gasteiger partial charge is 0.220 e. The highest BCUT2D eigenvalue weighted by atomic mass is 16.5. The molecule has 23 heavy (non-hydrogen) atoms. The van der Waals surface area contributed by atoms with Crippen LogP contribution in [-0.2, 0) is 16.1 Å². The van der Waals surface area contributed by atoms with Crippen molar-refractivity contribution in [1.29, 1.82) is 0 Å². The molecule has 6 heteroatoms. The SMILES string of the molecule is COc1cccc(-c2cc(CNC(=O)C[C@@H]3CCOC3)no2)c1. The molecule has 1 N–H and O–H groups in total. The van der Waals surface area contributed by atoms with Gasteiger partial charge in [0, 0.05) is 31.3 Å². The monoisotopic (exact) mass is 316 g/mol. The number of hydrogen-bond donors (Lipinski definition) is 1. The number of nitrogens with one attached hydrogen (secondary N) is 1. The molecule has 2 aromatic rings. The number of ether oxygens (including phenoxy) is 2. The van der Waals surface area contributed by atoms with Crippen LogP contribution in [0, 0.1) is 5.92 Å². The Morgan fingerprint density at radius 1 is 1.43 bits per heavy atom. The molecular formula is C17H20N2O4. The van der Waals surface area contributed by atoms with Gasteiger partial charge >= 0.3 is 0 Å². The minimum Gasteiger partial charge on any atom is -0.497 e. The van der Waals surface area contributed by atoms with Gasteiger partial charge in [0.2, 0.25) is 5.91 Å². The molecule has 0 bridgehead atoms. The molecule has 122 valence electrons. The molecule has 6 nitrogen and oxygen atoms in total. The average Bonchev–Trinajstić information content (AvgIpc) is 3.24. The fraction of sp³-hybridized carbons (Fsp3) is 0.412. The largest absolute Gasteiger partial charge is 0.497 e. The van der Waals surface area contributed by atoms with Crippen LogP contribution in [0.15, 0.2) is 34.9 Å².